The number of rotatable bonds is 4. The molecule has 0 aliphatic rings. The van der Waals surface area contributed by atoms with E-state index in [1.807, 2.05) is 67.6 Å². The topological polar surface area (TPSA) is 31.4 Å². The van der Waals surface area contributed by atoms with Gasteiger partial charge in [-0.05, 0) is 49.4 Å². The summed E-state index contributed by atoms with van der Waals surface area (Å²) in [6, 6.07) is 18.8. The molecular weight excluding hydrogens is 298 g/mol. The highest BCUT2D eigenvalue weighted by atomic mass is 35.5. The lowest BCUT2D eigenvalue weighted by atomic mass is 10.3. The first kappa shape index (κ1) is 14.4. The van der Waals surface area contributed by atoms with Gasteiger partial charge in [-0.15, -0.1) is 0 Å². The van der Waals surface area contributed by atoms with Crippen molar-refractivity contribution in [2.24, 2.45) is 0 Å². The van der Waals surface area contributed by atoms with Crippen molar-refractivity contribution < 1.29 is 9.47 Å². The molecule has 0 N–H and O–H groups in total. The number of nitrogens with zero attached hydrogens (tertiary/aromatic N) is 1. The Hall–Kier alpha value is -2.52. The molecule has 0 spiro atoms. The lowest BCUT2D eigenvalue weighted by Crippen LogP contribution is -1.91. The summed E-state index contributed by atoms with van der Waals surface area (Å²) in [5.74, 6) is 2.78. The van der Waals surface area contributed by atoms with Crippen LogP contribution in [-0.2, 0) is 0 Å². The van der Waals surface area contributed by atoms with E-state index in [-0.39, 0.29) is 0 Å². The van der Waals surface area contributed by atoms with E-state index in [0.29, 0.717) is 16.7 Å². The Morgan fingerprint density at radius 3 is 2.05 bits per heavy atom. The highest BCUT2D eigenvalue weighted by Gasteiger charge is 2.04. The molecule has 0 bridgehead atoms. The van der Waals surface area contributed by atoms with Crippen LogP contribution >= 0.6 is 11.6 Å². The molecule has 110 valence electrons. The first-order chi connectivity index (χ1) is 10.7. The molecule has 0 atom stereocenters. The van der Waals surface area contributed by atoms with Gasteiger partial charge >= 0.3 is 0 Å². The molecule has 0 aliphatic carbocycles. The molecule has 0 saturated carbocycles. The summed E-state index contributed by atoms with van der Waals surface area (Å²) in [6.45, 7) is 1.90. The van der Waals surface area contributed by atoms with Gasteiger partial charge < -0.3 is 9.47 Å². The minimum atomic E-state index is 0.543. The average Bonchev–Trinajstić information content (AvgIpc) is 2.53. The second-order valence-electron chi connectivity index (χ2n) is 4.76. The van der Waals surface area contributed by atoms with Crippen LogP contribution in [0.3, 0.4) is 0 Å². The van der Waals surface area contributed by atoms with Crippen molar-refractivity contribution in [3.63, 3.8) is 0 Å². The van der Waals surface area contributed by atoms with Crippen LogP contribution in [0.4, 0.5) is 0 Å². The van der Waals surface area contributed by atoms with Crippen molar-refractivity contribution in [2.75, 3.05) is 0 Å². The van der Waals surface area contributed by atoms with Crippen molar-refractivity contribution in [2.45, 2.75) is 6.92 Å². The predicted molar refractivity (Wildman–Crippen MR) is 87.0 cm³/mol. The fourth-order valence-electron chi connectivity index (χ4n) is 1.95. The van der Waals surface area contributed by atoms with Crippen LogP contribution in [-0.4, -0.2) is 4.98 Å². The zero-order valence-corrected chi connectivity index (χ0v) is 12.7. The SMILES string of the molecule is Cc1cc(Cl)cnc1Oc1ccc(Oc2ccccc2)cc1. The van der Waals surface area contributed by atoms with Crippen molar-refractivity contribution in [3.05, 3.63) is 77.4 Å². The number of para-hydroxylation sites is 1. The molecule has 0 saturated heterocycles. The second-order valence-corrected chi connectivity index (χ2v) is 5.20. The minimum Gasteiger partial charge on any atom is -0.457 e. The Morgan fingerprint density at radius 1 is 0.818 bits per heavy atom. The van der Waals surface area contributed by atoms with E-state index in [2.05, 4.69) is 4.98 Å². The summed E-state index contributed by atoms with van der Waals surface area (Å²) in [5.41, 5.74) is 0.886. The van der Waals surface area contributed by atoms with Crippen molar-refractivity contribution in [1.82, 2.24) is 4.98 Å². The van der Waals surface area contributed by atoms with E-state index in [1.165, 1.54) is 0 Å². The van der Waals surface area contributed by atoms with Gasteiger partial charge in [0, 0.05) is 11.8 Å². The number of pyridine rings is 1. The van der Waals surface area contributed by atoms with E-state index in [1.54, 1.807) is 6.20 Å². The van der Waals surface area contributed by atoms with Gasteiger partial charge in [-0.3, -0.25) is 0 Å². The maximum absolute atomic E-state index is 5.88. The molecule has 0 unspecified atom stereocenters. The van der Waals surface area contributed by atoms with Gasteiger partial charge in [0.05, 0.1) is 5.02 Å². The normalized spacial score (nSPS) is 10.3. The Balaban J connectivity index is 1.71. The average molecular weight is 312 g/mol. The molecule has 2 aromatic carbocycles. The van der Waals surface area contributed by atoms with Gasteiger partial charge in [0.15, 0.2) is 0 Å². The third-order valence-corrected chi connectivity index (χ3v) is 3.22. The van der Waals surface area contributed by atoms with Gasteiger partial charge in [0.1, 0.15) is 17.2 Å². The fraction of sp³-hybridized carbons (Fsp3) is 0.0556. The zero-order chi connectivity index (χ0) is 15.4. The monoisotopic (exact) mass is 311 g/mol. The number of aromatic nitrogens is 1. The maximum Gasteiger partial charge on any atom is 0.222 e. The summed E-state index contributed by atoms with van der Waals surface area (Å²) < 4.78 is 11.5. The molecule has 3 nitrogen and oxygen atoms in total. The van der Waals surface area contributed by atoms with E-state index >= 15 is 0 Å². The third kappa shape index (κ3) is 3.57. The Bertz CT molecular complexity index is 758. The van der Waals surface area contributed by atoms with Crippen LogP contribution in [0.5, 0.6) is 23.1 Å². The molecule has 0 amide bonds. The van der Waals surface area contributed by atoms with Crippen LogP contribution in [0, 0.1) is 6.92 Å². The molecule has 4 heteroatoms. The predicted octanol–water partition coefficient (Wildman–Crippen LogP) is 5.63. The van der Waals surface area contributed by atoms with Crippen LogP contribution in [0.2, 0.25) is 5.02 Å². The quantitative estimate of drug-likeness (QED) is 0.626. The molecule has 3 aromatic rings. The standard InChI is InChI=1S/C18H14ClNO2/c1-13-11-14(19)12-20-18(13)22-17-9-7-16(8-10-17)21-15-5-3-2-4-6-15/h2-12H,1H3. The molecular formula is C18H14ClNO2. The largest absolute Gasteiger partial charge is 0.457 e. The molecule has 1 heterocycles. The lowest BCUT2D eigenvalue weighted by Gasteiger charge is -2.09. The van der Waals surface area contributed by atoms with Gasteiger partial charge in [-0.2, -0.15) is 0 Å². The molecule has 22 heavy (non-hydrogen) atoms. The molecule has 0 aliphatic heterocycles. The van der Waals surface area contributed by atoms with E-state index in [9.17, 15) is 0 Å². The maximum atomic E-state index is 5.88. The van der Waals surface area contributed by atoms with Crippen LogP contribution < -0.4 is 9.47 Å². The number of hydrogen-bond donors (Lipinski definition) is 0. The summed E-state index contributed by atoms with van der Waals surface area (Å²) in [7, 11) is 0. The molecule has 1 aromatic heterocycles. The van der Waals surface area contributed by atoms with Gasteiger partial charge in [0.2, 0.25) is 5.88 Å². The van der Waals surface area contributed by atoms with Crippen molar-refractivity contribution in [1.29, 1.82) is 0 Å². The van der Waals surface area contributed by atoms with Crippen molar-refractivity contribution >= 4 is 11.6 Å². The number of benzene rings is 2. The number of hydrogen-bond acceptors (Lipinski definition) is 3. The minimum absolute atomic E-state index is 0.543. The van der Waals surface area contributed by atoms with E-state index in [0.717, 1.165) is 17.1 Å². The summed E-state index contributed by atoms with van der Waals surface area (Å²) in [6.07, 6.45) is 1.57. The summed E-state index contributed by atoms with van der Waals surface area (Å²) in [5, 5.41) is 0.594. The Labute approximate surface area is 134 Å². The summed E-state index contributed by atoms with van der Waals surface area (Å²) >= 11 is 5.88. The number of aryl methyl sites for hydroxylation is 1. The Kier molecular flexibility index (Phi) is 4.26. The van der Waals surface area contributed by atoms with Gasteiger partial charge in [-0.25, -0.2) is 4.98 Å². The second kappa shape index (κ2) is 6.50. The molecule has 0 radical (unpaired) electrons. The van der Waals surface area contributed by atoms with E-state index in [4.69, 9.17) is 21.1 Å². The highest BCUT2D eigenvalue weighted by molar-refractivity contribution is 6.30. The van der Waals surface area contributed by atoms with Crippen molar-refractivity contribution in [3.8, 4) is 23.1 Å². The van der Waals surface area contributed by atoms with Crippen LogP contribution in [0.25, 0.3) is 0 Å². The lowest BCUT2D eigenvalue weighted by molar-refractivity contribution is 0.453. The first-order valence-electron chi connectivity index (χ1n) is 6.84. The number of halogens is 1. The van der Waals surface area contributed by atoms with Gasteiger partial charge in [0.25, 0.3) is 0 Å². The molecule has 3 rings (SSSR count). The van der Waals surface area contributed by atoms with Crippen LogP contribution in [0.15, 0.2) is 66.9 Å². The highest BCUT2D eigenvalue weighted by Crippen LogP contribution is 2.27. The van der Waals surface area contributed by atoms with Gasteiger partial charge in [-0.1, -0.05) is 29.8 Å². The molecule has 0 fully saturated rings. The third-order valence-electron chi connectivity index (χ3n) is 3.01. The zero-order valence-electron chi connectivity index (χ0n) is 12.0. The number of ether oxygens (including phenoxy) is 2. The fourth-order valence-corrected chi connectivity index (χ4v) is 2.16. The first-order valence-corrected chi connectivity index (χ1v) is 7.21. The van der Waals surface area contributed by atoms with Crippen LogP contribution in [0.1, 0.15) is 5.56 Å². The summed E-state index contributed by atoms with van der Waals surface area (Å²) in [4.78, 5) is 4.18. The smallest absolute Gasteiger partial charge is 0.222 e. The van der Waals surface area contributed by atoms with E-state index < -0.39 is 0 Å². The Morgan fingerprint density at radius 2 is 1.41 bits per heavy atom.